The van der Waals surface area contributed by atoms with Gasteiger partial charge < -0.3 is 10.8 Å². The van der Waals surface area contributed by atoms with Crippen LogP contribution in [0.5, 0.6) is 0 Å². The van der Waals surface area contributed by atoms with Crippen LogP contribution in [-0.2, 0) is 0 Å². The molecule has 1 unspecified atom stereocenters. The highest BCUT2D eigenvalue weighted by Crippen LogP contribution is 2.18. The molecule has 0 saturated carbocycles. The SMILES string of the molecule is CC(CO)Sc1nccc(C(=N)N)n1. The Morgan fingerprint density at radius 2 is 2.50 bits per heavy atom. The zero-order valence-corrected chi connectivity index (χ0v) is 8.58. The van der Waals surface area contributed by atoms with Gasteiger partial charge in [-0.15, -0.1) is 0 Å². The number of aromatic nitrogens is 2. The summed E-state index contributed by atoms with van der Waals surface area (Å²) in [7, 11) is 0. The summed E-state index contributed by atoms with van der Waals surface area (Å²) >= 11 is 1.35. The second kappa shape index (κ2) is 4.92. The number of aliphatic hydroxyl groups is 1. The molecule has 0 aliphatic heterocycles. The van der Waals surface area contributed by atoms with Crippen LogP contribution >= 0.6 is 11.8 Å². The highest BCUT2D eigenvalue weighted by Gasteiger charge is 2.06. The number of nitrogens with zero attached hydrogens (tertiary/aromatic N) is 2. The lowest BCUT2D eigenvalue weighted by molar-refractivity contribution is 0.300. The summed E-state index contributed by atoms with van der Waals surface area (Å²) in [6.45, 7) is 1.94. The van der Waals surface area contributed by atoms with Crippen molar-refractivity contribution in [2.75, 3.05) is 6.61 Å². The van der Waals surface area contributed by atoms with E-state index in [9.17, 15) is 0 Å². The largest absolute Gasteiger partial charge is 0.395 e. The Balaban J connectivity index is 2.78. The van der Waals surface area contributed by atoms with Gasteiger partial charge in [0.1, 0.15) is 11.5 Å². The maximum atomic E-state index is 8.83. The third-order valence-electron chi connectivity index (χ3n) is 1.47. The number of amidine groups is 1. The normalized spacial score (nSPS) is 12.4. The standard InChI is InChI=1S/C8H12N4OS/c1-5(4-13)14-8-11-3-2-6(12-8)7(9)10/h2-3,5,13H,4H2,1H3,(H3,9,10). The van der Waals surface area contributed by atoms with Crippen molar-refractivity contribution in [3.05, 3.63) is 18.0 Å². The molecule has 6 heteroatoms. The summed E-state index contributed by atoms with van der Waals surface area (Å²) in [5, 5.41) is 16.6. The van der Waals surface area contributed by atoms with E-state index in [2.05, 4.69) is 9.97 Å². The van der Waals surface area contributed by atoms with E-state index >= 15 is 0 Å². The number of aliphatic hydroxyl groups excluding tert-OH is 1. The Morgan fingerprint density at radius 1 is 1.79 bits per heavy atom. The lowest BCUT2D eigenvalue weighted by atomic mass is 10.4. The predicted molar refractivity (Wildman–Crippen MR) is 55.5 cm³/mol. The molecule has 1 rings (SSSR count). The molecule has 0 aliphatic rings. The summed E-state index contributed by atoms with van der Waals surface area (Å²) in [6.07, 6.45) is 1.55. The number of hydrogen-bond donors (Lipinski definition) is 3. The topological polar surface area (TPSA) is 95.9 Å². The van der Waals surface area contributed by atoms with Crippen LogP contribution < -0.4 is 5.73 Å². The van der Waals surface area contributed by atoms with E-state index in [4.69, 9.17) is 16.2 Å². The van der Waals surface area contributed by atoms with Gasteiger partial charge >= 0.3 is 0 Å². The minimum absolute atomic E-state index is 0.0391. The smallest absolute Gasteiger partial charge is 0.188 e. The summed E-state index contributed by atoms with van der Waals surface area (Å²) in [4.78, 5) is 8.05. The van der Waals surface area contributed by atoms with Gasteiger partial charge in [0.2, 0.25) is 0 Å². The van der Waals surface area contributed by atoms with Gasteiger partial charge in [-0.2, -0.15) is 0 Å². The van der Waals surface area contributed by atoms with E-state index in [0.29, 0.717) is 10.9 Å². The van der Waals surface area contributed by atoms with Crippen molar-refractivity contribution in [1.29, 1.82) is 5.41 Å². The maximum Gasteiger partial charge on any atom is 0.188 e. The molecule has 76 valence electrons. The van der Waals surface area contributed by atoms with Gasteiger partial charge in [-0.25, -0.2) is 9.97 Å². The van der Waals surface area contributed by atoms with Crippen LogP contribution in [-0.4, -0.2) is 32.8 Å². The Kier molecular flexibility index (Phi) is 3.84. The Labute approximate surface area is 86.3 Å². The number of nitrogens with two attached hydrogens (primary N) is 1. The van der Waals surface area contributed by atoms with Crippen LogP contribution in [0.15, 0.2) is 17.4 Å². The van der Waals surface area contributed by atoms with Crippen molar-refractivity contribution in [3.8, 4) is 0 Å². The first-order chi connectivity index (χ1) is 6.63. The van der Waals surface area contributed by atoms with Crippen molar-refractivity contribution in [2.45, 2.75) is 17.3 Å². The second-order valence-electron chi connectivity index (χ2n) is 2.75. The Bertz CT molecular complexity index is 331. The van der Waals surface area contributed by atoms with Gasteiger partial charge in [0.05, 0.1) is 6.61 Å². The molecule has 0 aliphatic carbocycles. The average molecular weight is 212 g/mol. The minimum atomic E-state index is -0.0779. The summed E-state index contributed by atoms with van der Waals surface area (Å²) in [5.74, 6) is -0.0779. The fourth-order valence-electron chi connectivity index (χ4n) is 0.765. The lowest BCUT2D eigenvalue weighted by Gasteiger charge is -2.06. The quantitative estimate of drug-likeness (QED) is 0.287. The first kappa shape index (κ1) is 10.9. The fourth-order valence-corrected chi connectivity index (χ4v) is 1.47. The molecule has 0 radical (unpaired) electrons. The first-order valence-electron chi connectivity index (χ1n) is 4.08. The van der Waals surface area contributed by atoms with Gasteiger partial charge in [0.25, 0.3) is 0 Å². The summed E-state index contributed by atoms with van der Waals surface area (Å²) in [5.41, 5.74) is 5.69. The van der Waals surface area contributed by atoms with E-state index in [0.717, 1.165) is 0 Å². The van der Waals surface area contributed by atoms with Gasteiger partial charge in [-0.3, -0.25) is 5.41 Å². The molecule has 1 heterocycles. The van der Waals surface area contributed by atoms with Crippen molar-refractivity contribution < 1.29 is 5.11 Å². The van der Waals surface area contributed by atoms with Crippen LogP contribution in [0.2, 0.25) is 0 Å². The van der Waals surface area contributed by atoms with Crippen LogP contribution in [0.4, 0.5) is 0 Å². The zero-order valence-electron chi connectivity index (χ0n) is 7.77. The molecule has 1 aromatic heterocycles. The minimum Gasteiger partial charge on any atom is -0.395 e. The van der Waals surface area contributed by atoms with Crippen LogP contribution in [0.1, 0.15) is 12.6 Å². The molecule has 0 fully saturated rings. The average Bonchev–Trinajstić information content (AvgIpc) is 2.18. The zero-order chi connectivity index (χ0) is 10.6. The molecule has 0 aromatic carbocycles. The van der Waals surface area contributed by atoms with Crippen molar-refractivity contribution in [1.82, 2.24) is 9.97 Å². The summed E-state index contributed by atoms with van der Waals surface area (Å²) < 4.78 is 0. The predicted octanol–water partition coefficient (Wildman–Crippen LogP) is 0.234. The number of nitrogen functional groups attached to an aromatic ring is 1. The van der Waals surface area contributed by atoms with Crippen LogP contribution in [0.3, 0.4) is 0 Å². The van der Waals surface area contributed by atoms with E-state index in [1.54, 1.807) is 12.3 Å². The molecular weight excluding hydrogens is 200 g/mol. The molecule has 1 aromatic rings. The van der Waals surface area contributed by atoms with Gasteiger partial charge in [0, 0.05) is 11.4 Å². The second-order valence-corrected chi connectivity index (χ2v) is 4.15. The highest BCUT2D eigenvalue weighted by molar-refractivity contribution is 7.99. The van der Waals surface area contributed by atoms with Crippen LogP contribution in [0.25, 0.3) is 0 Å². The van der Waals surface area contributed by atoms with E-state index in [1.807, 2.05) is 6.92 Å². The summed E-state index contributed by atoms with van der Waals surface area (Å²) in [6, 6.07) is 1.58. The fraction of sp³-hybridized carbons (Fsp3) is 0.375. The third-order valence-corrected chi connectivity index (χ3v) is 2.43. The van der Waals surface area contributed by atoms with Crippen molar-refractivity contribution >= 4 is 17.6 Å². The molecule has 0 spiro atoms. The monoisotopic (exact) mass is 212 g/mol. The molecule has 5 nitrogen and oxygen atoms in total. The van der Waals surface area contributed by atoms with Gasteiger partial charge in [-0.1, -0.05) is 18.7 Å². The van der Waals surface area contributed by atoms with Crippen LogP contribution in [0, 0.1) is 5.41 Å². The number of nitrogens with one attached hydrogen (secondary N) is 1. The number of hydrogen-bond acceptors (Lipinski definition) is 5. The first-order valence-corrected chi connectivity index (χ1v) is 4.96. The Morgan fingerprint density at radius 3 is 3.07 bits per heavy atom. The number of rotatable bonds is 4. The van der Waals surface area contributed by atoms with Crippen molar-refractivity contribution in [3.63, 3.8) is 0 Å². The maximum absolute atomic E-state index is 8.83. The highest BCUT2D eigenvalue weighted by atomic mass is 32.2. The molecule has 4 N–H and O–H groups in total. The van der Waals surface area contributed by atoms with Gasteiger partial charge in [0.15, 0.2) is 5.16 Å². The van der Waals surface area contributed by atoms with Gasteiger partial charge in [-0.05, 0) is 6.07 Å². The lowest BCUT2D eigenvalue weighted by Crippen LogP contribution is -2.14. The molecular formula is C8H12N4OS. The molecule has 0 amide bonds. The van der Waals surface area contributed by atoms with E-state index in [1.165, 1.54) is 11.8 Å². The molecule has 14 heavy (non-hydrogen) atoms. The third kappa shape index (κ3) is 2.97. The van der Waals surface area contributed by atoms with E-state index < -0.39 is 0 Å². The molecule has 0 bridgehead atoms. The number of thioether (sulfide) groups is 1. The van der Waals surface area contributed by atoms with E-state index in [-0.39, 0.29) is 17.7 Å². The molecule has 0 saturated heterocycles. The molecule has 1 atom stereocenters. The van der Waals surface area contributed by atoms with Crippen molar-refractivity contribution in [2.24, 2.45) is 5.73 Å². The Hall–Kier alpha value is -1.14.